The minimum Gasteiger partial charge on any atom is -0.396 e. The number of carbonyl (C=O) groups is 1. The van der Waals surface area contributed by atoms with Crippen LogP contribution in [-0.4, -0.2) is 63.7 Å². The summed E-state index contributed by atoms with van der Waals surface area (Å²) in [6, 6.07) is 9.73. The Balaban J connectivity index is 1.30. The number of aliphatic hydroxyl groups is 1. The Morgan fingerprint density at radius 1 is 1.24 bits per heavy atom. The maximum absolute atomic E-state index is 13.0. The largest absolute Gasteiger partial charge is 0.396 e. The van der Waals surface area contributed by atoms with E-state index in [4.69, 9.17) is 0 Å². The molecule has 2 aromatic heterocycles. The van der Waals surface area contributed by atoms with Gasteiger partial charge in [0.2, 0.25) is 0 Å². The van der Waals surface area contributed by atoms with Gasteiger partial charge in [-0.3, -0.25) is 4.79 Å². The van der Waals surface area contributed by atoms with Crippen molar-refractivity contribution in [3.63, 3.8) is 0 Å². The van der Waals surface area contributed by atoms with Crippen LogP contribution in [0, 0.1) is 11.3 Å². The summed E-state index contributed by atoms with van der Waals surface area (Å²) in [5.74, 6) is 1.20. The summed E-state index contributed by atoms with van der Waals surface area (Å²) in [7, 11) is 0. The van der Waals surface area contributed by atoms with Crippen molar-refractivity contribution in [3.8, 4) is 0 Å². The summed E-state index contributed by atoms with van der Waals surface area (Å²) in [6.07, 6.45) is 7.01. The standard InChI is InChI=1S/C22H25N5O2/c28-13-18-12-27(20-4-7-23-15-25-20)14-22(18)5-9-26(10-6-22)21(29)17-1-2-19-16(11-17)3-8-24-19/h1-4,7-8,11,15,18,24,28H,5-6,9-10,12-14H2. The SMILES string of the molecule is O=C(c1ccc2[nH]ccc2c1)N1CCC2(CC1)CN(c1ccncn1)CC2CO. The van der Waals surface area contributed by atoms with E-state index in [0.717, 1.165) is 61.3 Å². The van der Waals surface area contributed by atoms with E-state index < -0.39 is 0 Å². The van der Waals surface area contributed by atoms with Crippen LogP contribution in [0.4, 0.5) is 5.82 Å². The molecular formula is C22H25N5O2. The Morgan fingerprint density at radius 3 is 2.86 bits per heavy atom. The third kappa shape index (κ3) is 3.15. The van der Waals surface area contributed by atoms with Crippen molar-refractivity contribution < 1.29 is 9.90 Å². The molecular weight excluding hydrogens is 366 g/mol. The van der Waals surface area contributed by atoms with Crippen LogP contribution in [0.3, 0.4) is 0 Å². The van der Waals surface area contributed by atoms with E-state index >= 15 is 0 Å². The van der Waals surface area contributed by atoms with E-state index in [1.807, 2.05) is 41.4 Å². The summed E-state index contributed by atoms with van der Waals surface area (Å²) in [6.45, 7) is 3.27. The van der Waals surface area contributed by atoms with Crippen molar-refractivity contribution in [3.05, 3.63) is 54.6 Å². The van der Waals surface area contributed by atoms with Crippen molar-refractivity contribution in [2.24, 2.45) is 11.3 Å². The zero-order valence-electron chi connectivity index (χ0n) is 16.3. The highest BCUT2D eigenvalue weighted by Gasteiger charge is 2.48. The molecule has 2 saturated heterocycles. The minimum atomic E-state index is 0.0288. The first-order chi connectivity index (χ1) is 14.2. The molecule has 1 spiro atoms. The van der Waals surface area contributed by atoms with Gasteiger partial charge in [-0.25, -0.2) is 9.97 Å². The van der Waals surface area contributed by atoms with E-state index in [2.05, 4.69) is 19.9 Å². The summed E-state index contributed by atoms with van der Waals surface area (Å²) < 4.78 is 0. The van der Waals surface area contributed by atoms with Gasteiger partial charge >= 0.3 is 0 Å². The van der Waals surface area contributed by atoms with Gasteiger partial charge in [0, 0.05) is 67.6 Å². The number of hydrogen-bond acceptors (Lipinski definition) is 5. The van der Waals surface area contributed by atoms with Gasteiger partial charge in [0.15, 0.2) is 0 Å². The van der Waals surface area contributed by atoms with Gasteiger partial charge in [0.1, 0.15) is 12.1 Å². The van der Waals surface area contributed by atoms with E-state index in [0.29, 0.717) is 0 Å². The quantitative estimate of drug-likeness (QED) is 0.716. The smallest absolute Gasteiger partial charge is 0.253 e. The Labute approximate surface area is 169 Å². The molecule has 2 aliphatic heterocycles. The number of carbonyl (C=O) groups excluding carboxylic acids is 1. The molecule has 0 bridgehead atoms. The average Bonchev–Trinajstić information content (AvgIpc) is 3.38. The Bertz CT molecular complexity index is 1010. The van der Waals surface area contributed by atoms with E-state index in [1.165, 1.54) is 0 Å². The maximum atomic E-state index is 13.0. The number of amides is 1. The lowest BCUT2D eigenvalue weighted by atomic mass is 9.71. The summed E-state index contributed by atoms with van der Waals surface area (Å²) in [5.41, 5.74) is 1.81. The maximum Gasteiger partial charge on any atom is 0.253 e. The third-order valence-corrected chi connectivity index (χ3v) is 6.77. The third-order valence-electron chi connectivity index (χ3n) is 6.77. The van der Waals surface area contributed by atoms with Gasteiger partial charge in [-0.15, -0.1) is 0 Å². The first kappa shape index (κ1) is 18.1. The van der Waals surface area contributed by atoms with Crippen LogP contribution in [0.5, 0.6) is 0 Å². The second-order valence-electron chi connectivity index (χ2n) is 8.26. The molecule has 0 radical (unpaired) electrons. The monoisotopic (exact) mass is 391 g/mol. The number of fused-ring (bicyclic) bond motifs is 1. The van der Waals surface area contributed by atoms with Gasteiger partial charge in [0.25, 0.3) is 5.91 Å². The number of H-pyrrole nitrogens is 1. The zero-order chi connectivity index (χ0) is 19.8. The number of aromatic amines is 1. The summed E-state index contributed by atoms with van der Waals surface area (Å²) >= 11 is 0. The Kier molecular flexibility index (Phi) is 4.47. The summed E-state index contributed by atoms with van der Waals surface area (Å²) in [4.78, 5) is 28.8. The highest BCUT2D eigenvalue weighted by Crippen LogP contribution is 2.45. The van der Waals surface area contributed by atoms with Gasteiger partial charge in [-0.2, -0.15) is 0 Å². The number of anilines is 1. The van der Waals surface area contributed by atoms with Gasteiger partial charge in [-0.1, -0.05) is 0 Å². The molecule has 1 aromatic carbocycles. The molecule has 1 unspecified atom stereocenters. The number of aliphatic hydroxyl groups excluding tert-OH is 1. The van der Waals surface area contributed by atoms with Crippen LogP contribution < -0.4 is 4.90 Å². The van der Waals surface area contributed by atoms with E-state index in [-0.39, 0.29) is 23.8 Å². The number of piperidine rings is 1. The van der Waals surface area contributed by atoms with Gasteiger partial charge in [0.05, 0.1) is 0 Å². The fourth-order valence-electron chi connectivity index (χ4n) is 5.02. The fourth-order valence-corrected chi connectivity index (χ4v) is 5.02. The number of rotatable bonds is 3. The lowest BCUT2D eigenvalue weighted by Gasteiger charge is -2.42. The number of likely N-dealkylation sites (tertiary alicyclic amines) is 1. The van der Waals surface area contributed by atoms with Gasteiger partial charge in [-0.05, 0) is 48.6 Å². The zero-order valence-corrected chi connectivity index (χ0v) is 16.3. The van der Waals surface area contributed by atoms with E-state index in [9.17, 15) is 9.90 Å². The van der Waals surface area contributed by atoms with Crippen LogP contribution in [0.15, 0.2) is 49.1 Å². The molecule has 2 fully saturated rings. The molecule has 150 valence electrons. The second kappa shape index (κ2) is 7.15. The predicted molar refractivity (Wildman–Crippen MR) is 111 cm³/mol. The fraction of sp³-hybridized carbons (Fsp3) is 0.409. The Morgan fingerprint density at radius 2 is 2.10 bits per heavy atom. The van der Waals surface area contributed by atoms with Crippen molar-refractivity contribution in [2.45, 2.75) is 12.8 Å². The molecule has 7 heteroatoms. The number of benzene rings is 1. The van der Waals surface area contributed by atoms with Crippen LogP contribution in [-0.2, 0) is 0 Å². The molecule has 1 amide bonds. The number of nitrogens with zero attached hydrogens (tertiary/aromatic N) is 4. The topological polar surface area (TPSA) is 85.4 Å². The number of hydrogen-bond donors (Lipinski definition) is 2. The number of nitrogens with one attached hydrogen (secondary N) is 1. The highest BCUT2D eigenvalue weighted by atomic mass is 16.3. The predicted octanol–water partition coefficient (Wildman–Crippen LogP) is 2.31. The minimum absolute atomic E-state index is 0.0288. The lowest BCUT2D eigenvalue weighted by molar-refractivity contribution is 0.0416. The first-order valence-electron chi connectivity index (χ1n) is 10.2. The molecule has 2 aliphatic rings. The molecule has 7 nitrogen and oxygen atoms in total. The molecule has 4 heterocycles. The van der Waals surface area contributed by atoms with Crippen LogP contribution >= 0.6 is 0 Å². The number of aromatic nitrogens is 3. The van der Waals surface area contributed by atoms with Crippen molar-refractivity contribution in [2.75, 3.05) is 37.7 Å². The van der Waals surface area contributed by atoms with Crippen LogP contribution in [0.25, 0.3) is 10.9 Å². The summed E-state index contributed by atoms with van der Waals surface area (Å²) in [5, 5.41) is 11.1. The Hall–Kier alpha value is -2.93. The molecule has 0 saturated carbocycles. The van der Waals surface area contributed by atoms with E-state index in [1.54, 1.807) is 12.5 Å². The van der Waals surface area contributed by atoms with Crippen molar-refractivity contribution in [1.29, 1.82) is 0 Å². The normalized spacial score (nSPS) is 21.2. The molecule has 29 heavy (non-hydrogen) atoms. The molecule has 0 aliphatic carbocycles. The van der Waals surface area contributed by atoms with Crippen molar-refractivity contribution in [1.82, 2.24) is 19.9 Å². The second-order valence-corrected chi connectivity index (χ2v) is 8.26. The van der Waals surface area contributed by atoms with Crippen LogP contribution in [0.1, 0.15) is 23.2 Å². The van der Waals surface area contributed by atoms with Crippen LogP contribution in [0.2, 0.25) is 0 Å². The lowest BCUT2D eigenvalue weighted by Crippen LogP contribution is -2.47. The van der Waals surface area contributed by atoms with Gasteiger partial charge < -0.3 is 19.9 Å². The molecule has 5 rings (SSSR count). The van der Waals surface area contributed by atoms with Crippen molar-refractivity contribution >= 4 is 22.6 Å². The first-order valence-corrected chi connectivity index (χ1v) is 10.2. The molecule has 1 atom stereocenters. The molecule has 3 aromatic rings. The highest BCUT2D eigenvalue weighted by molar-refractivity contribution is 5.98. The average molecular weight is 391 g/mol. The molecule has 2 N–H and O–H groups in total.